The fraction of sp³-hybridized carbons (Fsp3) is 0.360. The number of benzene rings is 1. The van der Waals surface area contributed by atoms with E-state index >= 15 is 0 Å². The Morgan fingerprint density at radius 1 is 1.08 bits per heavy atom. The first kappa shape index (κ1) is 24.2. The smallest absolute Gasteiger partial charge is 0.435 e. The van der Waals surface area contributed by atoms with E-state index in [1.54, 1.807) is 18.3 Å². The van der Waals surface area contributed by atoms with Gasteiger partial charge in [-0.1, -0.05) is 50.3 Å². The number of halogens is 3. The van der Waals surface area contributed by atoms with Gasteiger partial charge in [0.1, 0.15) is 22.6 Å². The van der Waals surface area contributed by atoms with Crippen molar-refractivity contribution in [2.45, 2.75) is 51.7 Å². The molecule has 0 unspecified atom stereocenters. The number of hydrogen-bond donors (Lipinski definition) is 1. The van der Waals surface area contributed by atoms with Gasteiger partial charge in [-0.05, 0) is 42.4 Å². The summed E-state index contributed by atoms with van der Waals surface area (Å²) in [4.78, 5) is 12.3. The summed E-state index contributed by atoms with van der Waals surface area (Å²) in [6.07, 6.45) is 0.285. The number of thiazole rings is 1. The van der Waals surface area contributed by atoms with Gasteiger partial charge >= 0.3 is 6.18 Å². The molecule has 4 aromatic rings. The lowest BCUT2D eigenvalue weighted by molar-refractivity contribution is -0.140. The number of aromatic nitrogens is 5. The normalized spacial score (nSPS) is 14.2. The Labute approximate surface area is 210 Å². The molecule has 188 valence electrons. The molecule has 0 amide bonds. The number of pyridine rings is 1. The van der Waals surface area contributed by atoms with Gasteiger partial charge in [0, 0.05) is 18.3 Å². The molecule has 1 fully saturated rings. The Bertz CT molecular complexity index is 1370. The average Bonchev–Trinajstić information content (AvgIpc) is 3.33. The quantitative estimate of drug-likeness (QED) is 0.285. The van der Waals surface area contributed by atoms with Crippen LogP contribution in [0.15, 0.2) is 48.9 Å². The van der Waals surface area contributed by atoms with Crippen molar-refractivity contribution >= 4 is 22.2 Å². The molecule has 1 saturated carbocycles. The van der Waals surface area contributed by atoms with Gasteiger partial charge < -0.3 is 10.1 Å². The summed E-state index contributed by atoms with van der Waals surface area (Å²) < 4.78 is 49.5. The molecule has 0 aliphatic heterocycles. The highest BCUT2D eigenvalue weighted by Crippen LogP contribution is 2.43. The van der Waals surface area contributed by atoms with Crippen LogP contribution >= 0.6 is 11.3 Å². The minimum atomic E-state index is -4.65. The highest BCUT2D eigenvalue weighted by atomic mass is 32.1. The molecular formula is C25H25F3N6OS. The van der Waals surface area contributed by atoms with Crippen molar-refractivity contribution in [3.63, 3.8) is 0 Å². The van der Waals surface area contributed by atoms with Crippen LogP contribution in [-0.4, -0.2) is 24.7 Å². The molecule has 5 rings (SSSR count). The van der Waals surface area contributed by atoms with E-state index in [2.05, 4.69) is 46.1 Å². The number of nitrogens with zero attached hydrogens (tertiary/aromatic N) is 5. The Morgan fingerprint density at radius 3 is 2.58 bits per heavy atom. The van der Waals surface area contributed by atoms with E-state index < -0.39 is 11.9 Å². The molecule has 0 spiro atoms. The highest BCUT2D eigenvalue weighted by Gasteiger charge is 2.40. The molecule has 1 aliphatic rings. The van der Waals surface area contributed by atoms with Crippen LogP contribution in [-0.2, 0) is 18.1 Å². The molecule has 1 aliphatic carbocycles. The van der Waals surface area contributed by atoms with Crippen molar-refractivity contribution in [3.05, 3.63) is 60.2 Å². The zero-order valence-corrected chi connectivity index (χ0v) is 20.8. The van der Waals surface area contributed by atoms with Gasteiger partial charge in [0.05, 0.1) is 0 Å². The van der Waals surface area contributed by atoms with Crippen LogP contribution in [0.1, 0.15) is 44.9 Å². The Hall–Kier alpha value is -3.47. The number of para-hydroxylation sites is 1. The molecule has 36 heavy (non-hydrogen) atoms. The molecule has 0 atom stereocenters. The standard InChI is InChI=1S/C25H25F3N6OS/c1-24(2,3)16-7-4-5-9-18(16)35-22-17(8-6-12-29-22)32-23-33-20(25(26,27)28)19(36-23)21-30-14-31-34(21)13-15-10-11-15/h4-9,12,14-15H,10-11,13H2,1-3H3,(H,32,33). The fourth-order valence-corrected chi connectivity index (χ4v) is 4.80. The first-order chi connectivity index (χ1) is 17.1. The molecule has 7 nitrogen and oxygen atoms in total. The lowest BCUT2D eigenvalue weighted by Crippen LogP contribution is -2.12. The van der Waals surface area contributed by atoms with E-state index in [1.807, 2.05) is 24.3 Å². The number of hydrogen-bond acceptors (Lipinski definition) is 7. The topological polar surface area (TPSA) is 77.8 Å². The number of anilines is 2. The SMILES string of the molecule is CC(C)(C)c1ccccc1Oc1ncccc1Nc1nc(C(F)(F)F)c(-c2ncnn2CC2CC2)s1. The monoisotopic (exact) mass is 514 g/mol. The Kier molecular flexibility index (Phi) is 6.19. The van der Waals surface area contributed by atoms with E-state index in [-0.39, 0.29) is 27.1 Å². The molecule has 11 heteroatoms. The number of alkyl halides is 3. The highest BCUT2D eigenvalue weighted by molar-refractivity contribution is 7.19. The predicted octanol–water partition coefficient (Wildman–Crippen LogP) is 7.06. The van der Waals surface area contributed by atoms with Gasteiger partial charge in [-0.25, -0.2) is 19.6 Å². The van der Waals surface area contributed by atoms with Crippen LogP contribution in [0.25, 0.3) is 10.7 Å². The molecule has 0 radical (unpaired) electrons. The van der Waals surface area contributed by atoms with Crippen LogP contribution in [0.3, 0.4) is 0 Å². The zero-order chi connectivity index (χ0) is 25.5. The molecule has 3 heterocycles. The largest absolute Gasteiger partial charge is 0.437 e. The van der Waals surface area contributed by atoms with Crippen molar-refractivity contribution in [2.75, 3.05) is 5.32 Å². The van der Waals surface area contributed by atoms with E-state index in [0.29, 0.717) is 23.9 Å². The fourth-order valence-electron chi connectivity index (χ4n) is 3.80. The summed E-state index contributed by atoms with van der Waals surface area (Å²) in [6, 6.07) is 11.0. The minimum absolute atomic E-state index is 0.0558. The van der Waals surface area contributed by atoms with Crippen LogP contribution in [0.4, 0.5) is 24.0 Å². The van der Waals surface area contributed by atoms with E-state index in [4.69, 9.17) is 4.74 Å². The van der Waals surface area contributed by atoms with Gasteiger partial charge in [0.25, 0.3) is 0 Å². The lowest BCUT2D eigenvalue weighted by atomic mass is 9.86. The summed E-state index contributed by atoms with van der Waals surface area (Å²) in [5, 5.41) is 7.18. The molecule has 0 saturated heterocycles. The third-order valence-electron chi connectivity index (χ3n) is 5.76. The maximum atomic E-state index is 13.9. The summed E-state index contributed by atoms with van der Waals surface area (Å²) in [5.74, 6) is 1.45. The van der Waals surface area contributed by atoms with Gasteiger partial charge in [0.2, 0.25) is 5.88 Å². The second kappa shape index (κ2) is 9.20. The number of nitrogens with one attached hydrogen (secondary N) is 1. The van der Waals surface area contributed by atoms with Crippen LogP contribution in [0, 0.1) is 5.92 Å². The molecule has 1 aromatic carbocycles. The Balaban J connectivity index is 1.48. The van der Waals surface area contributed by atoms with Crippen molar-refractivity contribution in [1.29, 1.82) is 0 Å². The summed E-state index contributed by atoms with van der Waals surface area (Å²) in [7, 11) is 0. The third-order valence-corrected chi connectivity index (χ3v) is 6.72. The predicted molar refractivity (Wildman–Crippen MR) is 132 cm³/mol. The number of rotatable bonds is 7. The third kappa shape index (κ3) is 5.20. The molecule has 0 bridgehead atoms. The van der Waals surface area contributed by atoms with Crippen LogP contribution in [0.2, 0.25) is 0 Å². The molecule has 3 aromatic heterocycles. The number of ether oxygens (including phenoxy) is 1. The summed E-state index contributed by atoms with van der Waals surface area (Å²) >= 11 is 0.874. The maximum absolute atomic E-state index is 13.9. The van der Waals surface area contributed by atoms with Gasteiger partial charge in [-0.3, -0.25) is 0 Å². The van der Waals surface area contributed by atoms with Crippen LogP contribution < -0.4 is 10.1 Å². The summed E-state index contributed by atoms with van der Waals surface area (Å²) in [5.41, 5.74) is 0.202. The van der Waals surface area contributed by atoms with Crippen molar-refractivity contribution in [1.82, 2.24) is 24.7 Å². The first-order valence-electron chi connectivity index (χ1n) is 11.5. The van der Waals surface area contributed by atoms with Gasteiger partial charge in [-0.2, -0.15) is 18.3 Å². The maximum Gasteiger partial charge on any atom is 0.435 e. The average molecular weight is 515 g/mol. The minimum Gasteiger partial charge on any atom is -0.437 e. The Morgan fingerprint density at radius 2 is 1.86 bits per heavy atom. The van der Waals surface area contributed by atoms with E-state index in [9.17, 15) is 13.2 Å². The van der Waals surface area contributed by atoms with Crippen molar-refractivity contribution in [3.8, 4) is 22.3 Å². The van der Waals surface area contributed by atoms with Gasteiger partial charge in [0.15, 0.2) is 16.6 Å². The van der Waals surface area contributed by atoms with Crippen molar-refractivity contribution < 1.29 is 17.9 Å². The molecule has 1 N–H and O–H groups in total. The van der Waals surface area contributed by atoms with Crippen LogP contribution in [0.5, 0.6) is 11.6 Å². The van der Waals surface area contributed by atoms with E-state index in [0.717, 1.165) is 29.7 Å². The zero-order valence-electron chi connectivity index (χ0n) is 20.0. The summed E-state index contributed by atoms with van der Waals surface area (Å²) in [6.45, 7) is 6.76. The second-order valence-electron chi connectivity index (χ2n) is 9.73. The lowest BCUT2D eigenvalue weighted by Gasteiger charge is -2.22. The van der Waals surface area contributed by atoms with Gasteiger partial charge in [-0.15, -0.1) is 0 Å². The van der Waals surface area contributed by atoms with Crippen molar-refractivity contribution in [2.24, 2.45) is 5.92 Å². The molecular weight excluding hydrogens is 489 g/mol. The second-order valence-corrected chi connectivity index (χ2v) is 10.7. The van der Waals surface area contributed by atoms with E-state index in [1.165, 1.54) is 11.0 Å². The first-order valence-corrected chi connectivity index (χ1v) is 12.4.